The van der Waals surface area contributed by atoms with Crippen LogP contribution in [-0.2, 0) is 13.5 Å². The van der Waals surface area contributed by atoms with E-state index in [4.69, 9.17) is 0 Å². The summed E-state index contributed by atoms with van der Waals surface area (Å²) in [6.07, 6.45) is 7.01. The molecule has 1 saturated heterocycles. The third-order valence-electron chi connectivity index (χ3n) is 4.79. The molecule has 1 aliphatic heterocycles. The molecule has 24 heavy (non-hydrogen) atoms. The number of aromatic nitrogens is 2. The summed E-state index contributed by atoms with van der Waals surface area (Å²) in [7, 11) is 2.03. The van der Waals surface area contributed by atoms with E-state index in [9.17, 15) is 4.79 Å². The number of amides is 2. The van der Waals surface area contributed by atoms with Crippen LogP contribution in [0.5, 0.6) is 0 Å². The summed E-state index contributed by atoms with van der Waals surface area (Å²) >= 11 is 1.75. The second-order valence-corrected chi connectivity index (χ2v) is 7.69. The molecule has 2 aromatic rings. The molecular weight excluding hydrogens is 320 g/mol. The molecule has 2 aromatic heterocycles. The van der Waals surface area contributed by atoms with Gasteiger partial charge in [0.1, 0.15) is 5.82 Å². The Balaban J connectivity index is 1.49. The molecule has 5 nitrogen and oxygen atoms in total. The third kappa shape index (κ3) is 4.17. The lowest BCUT2D eigenvalue weighted by Crippen LogP contribution is -2.46. The number of piperidine rings is 1. The molecule has 0 bridgehead atoms. The maximum atomic E-state index is 12.5. The molecule has 1 fully saturated rings. The second kappa shape index (κ2) is 7.83. The van der Waals surface area contributed by atoms with Crippen molar-refractivity contribution in [2.75, 3.05) is 19.6 Å². The smallest absolute Gasteiger partial charge is 0.317 e. The summed E-state index contributed by atoms with van der Waals surface area (Å²) in [6.45, 7) is 4.54. The first-order valence-electron chi connectivity index (χ1n) is 8.66. The minimum atomic E-state index is 0.0722. The highest BCUT2D eigenvalue weighted by Crippen LogP contribution is 2.22. The van der Waals surface area contributed by atoms with E-state index in [1.165, 1.54) is 11.3 Å². The Labute approximate surface area is 147 Å². The van der Waals surface area contributed by atoms with Gasteiger partial charge in [-0.2, -0.15) is 0 Å². The van der Waals surface area contributed by atoms with Gasteiger partial charge in [0, 0.05) is 56.3 Å². The Kier molecular flexibility index (Phi) is 5.56. The van der Waals surface area contributed by atoms with E-state index in [0.717, 1.165) is 31.8 Å². The van der Waals surface area contributed by atoms with Crippen molar-refractivity contribution < 1.29 is 4.79 Å². The Morgan fingerprint density at radius 2 is 2.42 bits per heavy atom. The first-order valence-corrected chi connectivity index (χ1v) is 9.54. The standard InChI is InChI=1S/C18H26N4OS/c1-14(16-6-4-10-24-16)12-20-18(23)22-8-3-5-15(13-22)11-17-19-7-9-21(17)2/h4,6-7,9-10,14-15H,3,5,8,11-13H2,1-2H3,(H,20,23)/t14-,15+/m1/s1. The molecule has 3 heterocycles. The lowest BCUT2D eigenvalue weighted by atomic mass is 9.94. The summed E-state index contributed by atoms with van der Waals surface area (Å²) in [4.78, 5) is 20.2. The summed E-state index contributed by atoms with van der Waals surface area (Å²) in [5.74, 6) is 1.97. The topological polar surface area (TPSA) is 50.2 Å². The van der Waals surface area contributed by atoms with Crippen LogP contribution in [-0.4, -0.2) is 40.1 Å². The molecule has 0 saturated carbocycles. The highest BCUT2D eigenvalue weighted by Gasteiger charge is 2.25. The fourth-order valence-corrected chi connectivity index (χ4v) is 4.08. The van der Waals surface area contributed by atoms with Crippen molar-refractivity contribution in [2.45, 2.75) is 32.1 Å². The van der Waals surface area contributed by atoms with E-state index in [1.54, 1.807) is 11.3 Å². The number of carbonyl (C=O) groups excluding carboxylic acids is 1. The number of hydrogen-bond donors (Lipinski definition) is 1. The van der Waals surface area contributed by atoms with Crippen LogP contribution < -0.4 is 5.32 Å². The average Bonchev–Trinajstić information content (AvgIpc) is 3.25. The molecular formula is C18H26N4OS. The molecule has 0 unspecified atom stereocenters. The SMILES string of the molecule is C[C@H](CNC(=O)N1CCC[C@@H](Cc2nccn2C)C1)c1cccs1. The quantitative estimate of drug-likeness (QED) is 0.903. The summed E-state index contributed by atoms with van der Waals surface area (Å²) in [5, 5.41) is 5.19. The van der Waals surface area contributed by atoms with Crippen LogP contribution in [0, 0.1) is 5.92 Å². The van der Waals surface area contributed by atoms with E-state index in [1.807, 2.05) is 24.3 Å². The Morgan fingerprint density at radius 1 is 1.54 bits per heavy atom. The number of nitrogens with one attached hydrogen (secondary N) is 1. The minimum Gasteiger partial charge on any atom is -0.338 e. The predicted molar refractivity (Wildman–Crippen MR) is 97.3 cm³/mol. The zero-order valence-corrected chi connectivity index (χ0v) is 15.3. The molecule has 3 rings (SSSR count). The summed E-state index contributed by atoms with van der Waals surface area (Å²) < 4.78 is 2.07. The first kappa shape index (κ1) is 17.0. The van der Waals surface area contributed by atoms with E-state index in [0.29, 0.717) is 18.4 Å². The number of thiophene rings is 1. The highest BCUT2D eigenvalue weighted by molar-refractivity contribution is 7.10. The maximum absolute atomic E-state index is 12.5. The maximum Gasteiger partial charge on any atom is 0.317 e. The molecule has 2 amide bonds. The van der Waals surface area contributed by atoms with Gasteiger partial charge in [0.05, 0.1) is 0 Å². The first-order chi connectivity index (χ1) is 11.6. The zero-order valence-electron chi connectivity index (χ0n) is 14.4. The van der Waals surface area contributed by atoms with Gasteiger partial charge >= 0.3 is 6.03 Å². The van der Waals surface area contributed by atoms with Crippen LogP contribution in [0.1, 0.15) is 36.4 Å². The van der Waals surface area contributed by atoms with Gasteiger partial charge < -0.3 is 14.8 Å². The minimum absolute atomic E-state index is 0.0722. The Hall–Kier alpha value is -1.82. The van der Waals surface area contributed by atoms with Crippen LogP contribution in [0.25, 0.3) is 0 Å². The molecule has 0 aliphatic carbocycles. The summed E-state index contributed by atoms with van der Waals surface area (Å²) in [6, 6.07) is 4.26. The van der Waals surface area contributed by atoms with Crippen molar-refractivity contribution in [2.24, 2.45) is 13.0 Å². The van der Waals surface area contributed by atoms with E-state index < -0.39 is 0 Å². The summed E-state index contributed by atoms with van der Waals surface area (Å²) in [5.41, 5.74) is 0. The Morgan fingerprint density at radius 3 is 3.12 bits per heavy atom. The van der Waals surface area contributed by atoms with Gasteiger partial charge in [-0.15, -0.1) is 11.3 Å². The van der Waals surface area contributed by atoms with Crippen molar-refractivity contribution in [1.29, 1.82) is 0 Å². The predicted octanol–water partition coefficient (Wildman–Crippen LogP) is 3.25. The Bertz CT molecular complexity index is 652. The monoisotopic (exact) mass is 346 g/mol. The number of imidazole rings is 1. The molecule has 130 valence electrons. The number of urea groups is 1. The second-order valence-electron chi connectivity index (χ2n) is 6.72. The lowest BCUT2D eigenvalue weighted by molar-refractivity contribution is 0.164. The number of rotatable bonds is 5. The van der Waals surface area contributed by atoms with Gasteiger partial charge in [-0.1, -0.05) is 13.0 Å². The van der Waals surface area contributed by atoms with Gasteiger partial charge in [-0.25, -0.2) is 9.78 Å². The molecule has 6 heteroatoms. The fraction of sp³-hybridized carbons (Fsp3) is 0.556. The number of aryl methyl sites for hydroxylation is 1. The van der Waals surface area contributed by atoms with E-state index in [-0.39, 0.29) is 6.03 Å². The number of nitrogens with zero attached hydrogens (tertiary/aromatic N) is 3. The highest BCUT2D eigenvalue weighted by atomic mass is 32.1. The van der Waals surface area contributed by atoms with Gasteiger partial charge in [0.15, 0.2) is 0 Å². The van der Waals surface area contributed by atoms with Crippen molar-refractivity contribution in [3.63, 3.8) is 0 Å². The van der Waals surface area contributed by atoms with Gasteiger partial charge in [0.25, 0.3) is 0 Å². The molecule has 0 aromatic carbocycles. The van der Waals surface area contributed by atoms with Gasteiger partial charge in [-0.05, 0) is 30.2 Å². The van der Waals surface area contributed by atoms with Crippen LogP contribution in [0.15, 0.2) is 29.9 Å². The van der Waals surface area contributed by atoms with E-state index in [2.05, 4.69) is 39.3 Å². The van der Waals surface area contributed by atoms with E-state index >= 15 is 0 Å². The zero-order chi connectivity index (χ0) is 16.9. The van der Waals surface area contributed by atoms with Crippen molar-refractivity contribution in [1.82, 2.24) is 19.8 Å². The van der Waals surface area contributed by atoms with Crippen LogP contribution in [0.3, 0.4) is 0 Å². The molecule has 0 spiro atoms. The van der Waals surface area contributed by atoms with Crippen molar-refractivity contribution in [3.05, 3.63) is 40.6 Å². The van der Waals surface area contributed by atoms with Gasteiger partial charge in [-0.3, -0.25) is 0 Å². The number of hydrogen-bond acceptors (Lipinski definition) is 3. The normalized spacial score (nSPS) is 19.2. The molecule has 0 radical (unpaired) electrons. The largest absolute Gasteiger partial charge is 0.338 e. The molecule has 1 N–H and O–H groups in total. The molecule has 1 aliphatic rings. The molecule has 2 atom stereocenters. The number of carbonyl (C=O) groups is 1. The average molecular weight is 347 g/mol. The van der Waals surface area contributed by atoms with Gasteiger partial charge in [0.2, 0.25) is 0 Å². The van der Waals surface area contributed by atoms with Crippen LogP contribution >= 0.6 is 11.3 Å². The lowest BCUT2D eigenvalue weighted by Gasteiger charge is -2.33. The third-order valence-corrected chi connectivity index (χ3v) is 5.89. The van der Waals surface area contributed by atoms with Crippen molar-refractivity contribution in [3.8, 4) is 0 Å². The van der Waals surface area contributed by atoms with Crippen LogP contribution in [0.2, 0.25) is 0 Å². The van der Waals surface area contributed by atoms with Crippen LogP contribution in [0.4, 0.5) is 4.79 Å². The van der Waals surface area contributed by atoms with Crippen molar-refractivity contribution >= 4 is 17.4 Å². The number of likely N-dealkylation sites (tertiary alicyclic amines) is 1. The fourth-order valence-electron chi connectivity index (χ4n) is 3.29.